The molecule has 4 heteroatoms. The molecule has 0 bridgehead atoms. The second kappa shape index (κ2) is 5.58. The zero-order chi connectivity index (χ0) is 15.0. The number of nitrogens with two attached hydrogens (primary N) is 1. The molecule has 0 aromatic heterocycles. The summed E-state index contributed by atoms with van der Waals surface area (Å²) in [7, 11) is 3.53. The van der Waals surface area contributed by atoms with Gasteiger partial charge in [0.15, 0.2) is 0 Å². The highest BCUT2D eigenvalue weighted by Gasteiger charge is 2.35. The van der Waals surface area contributed by atoms with Crippen LogP contribution in [0.4, 0.5) is 11.4 Å². The highest BCUT2D eigenvalue weighted by atomic mass is 16.2. The number of nitrogen functional groups attached to an aromatic ring is 1. The molecule has 2 aliphatic rings. The number of nitrogens with zero attached hydrogens (tertiary/aromatic N) is 2. The molecule has 21 heavy (non-hydrogen) atoms. The van der Waals surface area contributed by atoms with Crippen molar-refractivity contribution in [1.29, 1.82) is 0 Å². The van der Waals surface area contributed by atoms with Gasteiger partial charge in [0.1, 0.15) is 0 Å². The minimum absolute atomic E-state index is 0.00522. The second-order valence-electron chi connectivity index (χ2n) is 6.57. The third-order valence-corrected chi connectivity index (χ3v) is 4.98. The smallest absolute Gasteiger partial charge is 0.253 e. The number of piperidine rings is 1. The maximum atomic E-state index is 12.0. The lowest BCUT2D eigenvalue weighted by molar-refractivity contribution is 0.0827. The summed E-state index contributed by atoms with van der Waals surface area (Å²) < 4.78 is 0. The number of carbonyl (C=O) groups excluding carboxylic acids is 1. The Hall–Kier alpha value is -1.71. The van der Waals surface area contributed by atoms with Crippen LogP contribution < -0.4 is 10.6 Å². The van der Waals surface area contributed by atoms with Crippen LogP contribution in [0.2, 0.25) is 0 Å². The maximum absolute atomic E-state index is 12.0. The van der Waals surface area contributed by atoms with Gasteiger partial charge in [0.25, 0.3) is 5.91 Å². The molecule has 1 heterocycles. The van der Waals surface area contributed by atoms with Gasteiger partial charge < -0.3 is 15.5 Å². The van der Waals surface area contributed by atoms with Crippen LogP contribution in [0.15, 0.2) is 18.2 Å². The van der Waals surface area contributed by atoms with Gasteiger partial charge in [-0.15, -0.1) is 0 Å². The van der Waals surface area contributed by atoms with Gasteiger partial charge in [-0.1, -0.05) is 6.42 Å². The van der Waals surface area contributed by atoms with E-state index in [0.29, 0.717) is 11.6 Å². The van der Waals surface area contributed by atoms with Crippen LogP contribution >= 0.6 is 0 Å². The van der Waals surface area contributed by atoms with Crippen molar-refractivity contribution in [2.24, 2.45) is 5.92 Å². The van der Waals surface area contributed by atoms with Crippen molar-refractivity contribution < 1.29 is 4.79 Å². The monoisotopic (exact) mass is 287 g/mol. The molecule has 3 rings (SSSR count). The van der Waals surface area contributed by atoms with E-state index in [1.807, 2.05) is 18.2 Å². The molecule has 1 amide bonds. The lowest BCUT2D eigenvalue weighted by Gasteiger charge is -2.40. The lowest BCUT2D eigenvalue weighted by atomic mass is 9.91. The van der Waals surface area contributed by atoms with Crippen molar-refractivity contribution >= 4 is 17.3 Å². The quantitative estimate of drug-likeness (QED) is 0.851. The van der Waals surface area contributed by atoms with Gasteiger partial charge in [-0.25, -0.2) is 0 Å². The van der Waals surface area contributed by atoms with E-state index in [0.717, 1.165) is 23.8 Å². The Morgan fingerprint density at radius 1 is 1.24 bits per heavy atom. The van der Waals surface area contributed by atoms with Crippen LogP contribution in [0.1, 0.15) is 42.5 Å². The number of hydrogen-bond acceptors (Lipinski definition) is 3. The zero-order valence-electron chi connectivity index (χ0n) is 13.0. The third kappa shape index (κ3) is 2.59. The topological polar surface area (TPSA) is 49.6 Å². The number of amides is 1. The van der Waals surface area contributed by atoms with Crippen LogP contribution in [-0.4, -0.2) is 37.5 Å². The van der Waals surface area contributed by atoms with Crippen LogP contribution in [0.5, 0.6) is 0 Å². The Morgan fingerprint density at radius 3 is 2.71 bits per heavy atom. The number of carbonyl (C=O) groups is 1. The van der Waals surface area contributed by atoms with Crippen molar-refractivity contribution in [3.8, 4) is 0 Å². The Balaban J connectivity index is 1.87. The summed E-state index contributed by atoms with van der Waals surface area (Å²) >= 11 is 0. The van der Waals surface area contributed by atoms with Gasteiger partial charge >= 0.3 is 0 Å². The number of fused-ring (bicyclic) bond motifs is 1. The minimum atomic E-state index is 0.00522. The van der Waals surface area contributed by atoms with Crippen molar-refractivity contribution in [2.45, 2.75) is 38.1 Å². The number of anilines is 2. The molecular weight excluding hydrogens is 262 g/mol. The van der Waals surface area contributed by atoms with E-state index < -0.39 is 0 Å². The molecule has 1 saturated heterocycles. The summed E-state index contributed by atoms with van der Waals surface area (Å²) in [5.41, 5.74) is 8.77. The van der Waals surface area contributed by atoms with E-state index in [4.69, 9.17) is 5.73 Å². The molecule has 1 aromatic rings. The van der Waals surface area contributed by atoms with Crippen LogP contribution in [0.3, 0.4) is 0 Å². The summed E-state index contributed by atoms with van der Waals surface area (Å²) in [6.45, 7) is 1.09. The lowest BCUT2D eigenvalue weighted by Crippen LogP contribution is -2.43. The summed E-state index contributed by atoms with van der Waals surface area (Å²) in [6, 6.07) is 6.42. The fraction of sp³-hybridized carbons (Fsp3) is 0.588. The molecule has 0 spiro atoms. The Kier molecular flexibility index (Phi) is 3.79. The molecule has 1 aliphatic heterocycles. The number of hydrogen-bond donors (Lipinski definition) is 1. The van der Waals surface area contributed by atoms with E-state index in [-0.39, 0.29) is 5.91 Å². The molecule has 4 nitrogen and oxygen atoms in total. The molecule has 1 aromatic carbocycles. The molecular formula is C17H25N3O. The largest absolute Gasteiger partial charge is 0.397 e. The van der Waals surface area contributed by atoms with E-state index >= 15 is 0 Å². The Labute approximate surface area is 126 Å². The molecule has 2 unspecified atom stereocenters. The van der Waals surface area contributed by atoms with Crippen molar-refractivity contribution in [1.82, 2.24) is 4.90 Å². The van der Waals surface area contributed by atoms with Gasteiger partial charge in [-0.2, -0.15) is 0 Å². The van der Waals surface area contributed by atoms with Crippen LogP contribution in [0, 0.1) is 5.92 Å². The van der Waals surface area contributed by atoms with E-state index in [9.17, 15) is 4.79 Å². The normalized spacial score (nSPS) is 24.8. The van der Waals surface area contributed by atoms with Gasteiger partial charge in [-0.3, -0.25) is 4.79 Å². The fourth-order valence-corrected chi connectivity index (χ4v) is 3.96. The Bertz CT molecular complexity index is 541. The average molecular weight is 287 g/mol. The maximum Gasteiger partial charge on any atom is 0.253 e. The van der Waals surface area contributed by atoms with Gasteiger partial charge in [-0.05, 0) is 49.8 Å². The molecule has 114 valence electrons. The van der Waals surface area contributed by atoms with Gasteiger partial charge in [0, 0.05) is 32.2 Å². The average Bonchev–Trinajstić information content (AvgIpc) is 2.94. The summed E-state index contributed by atoms with van der Waals surface area (Å²) in [5, 5.41) is 0. The SMILES string of the molecule is CN(C)C(=O)c1ccc(N2CCCC3CCCC32)c(N)c1. The van der Waals surface area contributed by atoms with E-state index in [2.05, 4.69) is 4.90 Å². The number of rotatable bonds is 2. The van der Waals surface area contributed by atoms with Gasteiger partial charge in [0.05, 0.1) is 11.4 Å². The summed E-state index contributed by atoms with van der Waals surface area (Å²) in [5.74, 6) is 0.840. The highest BCUT2D eigenvalue weighted by molar-refractivity contribution is 5.95. The first-order chi connectivity index (χ1) is 10.1. The molecule has 2 fully saturated rings. The molecule has 0 radical (unpaired) electrons. The van der Waals surface area contributed by atoms with Gasteiger partial charge in [0.2, 0.25) is 0 Å². The van der Waals surface area contributed by atoms with E-state index in [1.54, 1.807) is 19.0 Å². The van der Waals surface area contributed by atoms with E-state index in [1.165, 1.54) is 32.1 Å². The standard InChI is InChI=1S/C17H25N3O/c1-19(2)17(21)13-8-9-16(14(18)11-13)20-10-4-6-12-5-3-7-15(12)20/h8-9,11-12,15H,3-7,10,18H2,1-2H3. The second-order valence-corrected chi connectivity index (χ2v) is 6.57. The highest BCUT2D eigenvalue weighted by Crippen LogP contribution is 2.40. The molecule has 1 saturated carbocycles. The fourth-order valence-electron chi connectivity index (χ4n) is 3.96. The van der Waals surface area contributed by atoms with Crippen molar-refractivity contribution in [3.05, 3.63) is 23.8 Å². The first kappa shape index (κ1) is 14.2. The third-order valence-electron chi connectivity index (χ3n) is 4.98. The Morgan fingerprint density at radius 2 is 2.00 bits per heavy atom. The van der Waals surface area contributed by atoms with Crippen molar-refractivity contribution in [3.63, 3.8) is 0 Å². The summed E-state index contributed by atoms with van der Waals surface area (Å²) in [4.78, 5) is 16.1. The first-order valence-corrected chi connectivity index (χ1v) is 7.95. The molecule has 1 aliphatic carbocycles. The predicted octanol–water partition coefficient (Wildman–Crippen LogP) is 2.74. The molecule has 2 N–H and O–H groups in total. The first-order valence-electron chi connectivity index (χ1n) is 7.95. The van der Waals surface area contributed by atoms with Crippen molar-refractivity contribution in [2.75, 3.05) is 31.3 Å². The molecule has 2 atom stereocenters. The number of benzene rings is 1. The zero-order valence-corrected chi connectivity index (χ0v) is 13.0. The van der Waals surface area contributed by atoms with Crippen LogP contribution in [-0.2, 0) is 0 Å². The summed E-state index contributed by atoms with van der Waals surface area (Å²) in [6.07, 6.45) is 6.58. The van der Waals surface area contributed by atoms with Crippen LogP contribution in [0.25, 0.3) is 0 Å². The minimum Gasteiger partial charge on any atom is -0.397 e. The predicted molar refractivity (Wildman–Crippen MR) is 86.6 cm³/mol.